The summed E-state index contributed by atoms with van der Waals surface area (Å²) < 4.78 is 23.9. The van der Waals surface area contributed by atoms with Gasteiger partial charge in [-0.05, 0) is 0 Å². The molecule has 6 heteroatoms. The third kappa shape index (κ3) is 6.16. The lowest BCUT2D eigenvalue weighted by Crippen LogP contribution is -2.14. The number of halogens is 1. The lowest BCUT2D eigenvalue weighted by Gasteiger charge is -2.03. The molecular weight excluding hydrogens is 154 g/mol. The average Bonchev–Trinajstić information content (AvgIpc) is 1.21. The fourth-order valence-electron chi connectivity index (χ4n) is 0.178. The molecule has 0 fully saturated rings. The molecule has 0 radical (unpaired) electrons. The predicted octanol–water partition coefficient (Wildman–Crippen LogP) is -0.0368. The molecule has 0 rings (SSSR count). The normalized spacial score (nSPS) is 12.5. The molecule has 4 nitrogen and oxygen atoms in total. The molecule has 0 amide bonds. The van der Waals surface area contributed by atoms with Crippen molar-refractivity contribution in [2.75, 3.05) is 14.1 Å². The van der Waals surface area contributed by atoms with Crippen LogP contribution in [0.3, 0.4) is 0 Å². The van der Waals surface area contributed by atoms with Crippen LogP contribution in [0.4, 0.5) is 0 Å². The van der Waals surface area contributed by atoms with Gasteiger partial charge in [0, 0.05) is 14.1 Å². The summed E-state index contributed by atoms with van der Waals surface area (Å²) in [6, 6.07) is 0. The molecule has 0 aromatic heterocycles. The van der Waals surface area contributed by atoms with Crippen molar-refractivity contribution in [2.24, 2.45) is 0 Å². The largest absolute Gasteiger partial charge is 0.371 e. The summed E-state index contributed by atoms with van der Waals surface area (Å²) in [5.41, 5.74) is 0. The van der Waals surface area contributed by atoms with Gasteiger partial charge in [0.25, 0.3) is 0 Å². The molecule has 0 bridgehead atoms. The first-order valence-corrected chi connectivity index (χ1v) is 3.97. The Balaban J connectivity index is 3.75. The van der Waals surface area contributed by atoms with Crippen LogP contribution in [0.15, 0.2) is 0 Å². The van der Waals surface area contributed by atoms with Gasteiger partial charge in [0.2, 0.25) is 0 Å². The van der Waals surface area contributed by atoms with E-state index in [1.807, 2.05) is 0 Å². The van der Waals surface area contributed by atoms with Crippen LogP contribution < -0.4 is 0 Å². The van der Waals surface area contributed by atoms with E-state index in [-0.39, 0.29) is 0 Å². The summed E-state index contributed by atoms with van der Waals surface area (Å²) in [5, 5.41) is 0.988. The van der Waals surface area contributed by atoms with E-state index in [2.05, 4.69) is 15.0 Å². The summed E-state index contributed by atoms with van der Waals surface area (Å²) >= 11 is 0. The first kappa shape index (κ1) is 8.16. The minimum Gasteiger partial charge on any atom is -0.180 e. The standard InChI is InChI=1S/C2H6ClNO3S/c1-4(2)7-8(3,5)6/h1-2H3. The zero-order valence-electron chi connectivity index (χ0n) is 4.46. The fraction of sp³-hybridized carbons (Fsp3) is 1.00. The molecule has 0 saturated heterocycles. The van der Waals surface area contributed by atoms with Gasteiger partial charge in [-0.2, -0.15) is 17.8 Å². The van der Waals surface area contributed by atoms with Gasteiger partial charge in [-0.15, -0.1) is 0 Å². The number of nitrogens with zero attached hydrogens (tertiary/aromatic N) is 1. The van der Waals surface area contributed by atoms with E-state index in [1.165, 1.54) is 14.1 Å². The molecule has 0 unspecified atom stereocenters. The highest BCUT2D eigenvalue weighted by Crippen LogP contribution is 1.98. The Bertz CT molecular complexity index is 151. The maximum Gasteiger partial charge on any atom is 0.371 e. The van der Waals surface area contributed by atoms with Crippen LogP contribution in [0.5, 0.6) is 0 Å². The van der Waals surface area contributed by atoms with Crippen LogP contribution >= 0.6 is 10.7 Å². The van der Waals surface area contributed by atoms with Gasteiger partial charge in [-0.3, -0.25) is 0 Å². The third-order valence-corrected chi connectivity index (χ3v) is 0.883. The summed E-state index contributed by atoms with van der Waals surface area (Å²) in [5.74, 6) is 0. The Labute approximate surface area is 52.6 Å². The summed E-state index contributed by atoms with van der Waals surface area (Å²) in [7, 11) is 3.64. The highest BCUT2D eigenvalue weighted by Gasteiger charge is 2.04. The highest BCUT2D eigenvalue weighted by atomic mass is 35.7. The average molecular weight is 160 g/mol. The van der Waals surface area contributed by atoms with Crippen LogP contribution in [-0.4, -0.2) is 27.6 Å². The maximum atomic E-state index is 9.94. The highest BCUT2D eigenvalue weighted by molar-refractivity contribution is 8.09. The van der Waals surface area contributed by atoms with Gasteiger partial charge < -0.3 is 0 Å². The molecule has 50 valence electrons. The minimum absolute atomic E-state index is 0.988. The van der Waals surface area contributed by atoms with E-state index in [0.29, 0.717) is 0 Å². The number of hydrogen-bond donors (Lipinski definition) is 0. The Morgan fingerprint density at radius 2 is 1.88 bits per heavy atom. The second-order valence-corrected chi connectivity index (χ2v) is 3.35. The quantitative estimate of drug-likeness (QED) is 0.419. The lowest BCUT2D eigenvalue weighted by atomic mass is 11.2. The summed E-state index contributed by atoms with van der Waals surface area (Å²) in [4.78, 5) is 0. The second kappa shape index (κ2) is 2.63. The molecule has 0 N–H and O–H groups in total. The first-order chi connectivity index (χ1) is 3.42. The molecule has 0 aromatic rings. The topological polar surface area (TPSA) is 46.6 Å². The van der Waals surface area contributed by atoms with Crippen molar-refractivity contribution in [1.29, 1.82) is 0 Å². The zero-order chi connectivity index (χ0) is 6.78. The van der Waals surface area contributed by atoms with E-state index in [4.69, 9.17) is 0 Å². The Morgan fingerprint density at radius 3 is 1.88 bits per heavy atom. The van der Waals surface area contributed by atoms with Gasteiger partial charge in [0.15, 0.2) is 0 Å². The van der Waals surface area contributed by atoms with E-state index in [0.717, 1.165) is 5.06 Å². The molecule has 0 saturated carbocycles. The molecular formula is C2H6ClNO3S. The lowest BCUT2D eigenvalue weighted by molar-refractivity contribution is 0.00904. The van der Waals surface area contributed by atoms with Crippen molar-refractivity contribution in [3.63, 3.8) is 0 Å². The van der Waals surface area contributed by atoms with Crippen LogP contribution in [0.1, 0.15) is 0 Å². The number of hydrogen-bond acceptors (Lipinski definition) is 4. The molecule has 0 aliphatic rings. The molecule has 8 heavy (non-hydrogen) atoms. The fourth-order valence-corrected chi connectivity index (χ4v) is 0.872. The van der Waals surface area contributed by atoms with E-state index < -0.39 is 9.33 Å². The van der Waals surface area contributed by atoms with Crippen molar-refractivity contribution < 1.29 is 12.7 Å². The summed E-state index contributed by atoms with van der Waals surface area (Å²) in [6.45, 7) is 0. The second-order valence-electron chi connectivity index (χ2n) is 1.28. The molecule has 0 heterocycles. The van der Waals surface area contributed by atoms with Gasteiger partial charge in [0.05, 0.1) is 10.7 Å². The minimum atomic E-state index is -3.83. The van der Waals surface area contributed by atoms with E-state index in [1.54, 1.807) is 0 Å². The van der Waals surface area contributed by atoms with E-state index in [9.17, 15) is 8.42 Å². The van der Waals surface area contributed by atoms with Gasteiger partial charge in [-0.1, -0.05) is 0 Å². The van der Waals surface area contributed by atoms with Crippen LogP contribution in [0.2, 0.25) is 0 Å². The first-order valence-electron chi connectivity index (χ1n) is 1.73. The zero-order valence-corrected chi connectivity index (χ0v) is 6.03. The van der Waals surface area contributed by atoms with Crippen molar-refractivity contribution in [1.82, 2.24) is 5.06 Å². The Morgan fingerprint density at radius 1 is 1.50 bits per heavy atom. The number of hydroxylamine groups is 2. The molecule has 0 atom stereocenters. The number of rotatable bonds is 2. The van der Waals surface area contributed by atoms with Crippen LogP contribution in [0, 0.1) is 0 Å². The van der Waals surface area contributed by atoms with Crippen molar-refractivity contribution >= 4 is 20.0 Å². The van der Waals surface area contributed by atoms with Crippen LogP contribution in [0.25, 0.3) is 0 Å². The van der Waals surface area contributed by atoms with E-state index >= 15 is 0 Å². The Hall–Kier alpha value is 0.160. The SMILES string of the molecule is CN(C)OS(=O)(=O)Cl. The molecule has 0 aliphatic heterocycles. The monoisotopic (exact) mass is 159 g/mol. The smallest absolute Gasteiger partial charge is 0.180 e. The van der Waals surface area contributed by atoms with Gasteiger partial charge in [-0.25, -0.2) is 0 Å². The van der Waals surface area contributed by atoms with Crippen molar-refractivity contribution in [3.05, 3.63) is 0 Å². The molecule has 0 aliphatic carbocycles. The van der Waals surface area contributed by atoms with Gasteiger partial charge >= 0.3 is 9.33 Å². The predicted molar refractivity (Wildman–Crippen MR) is 29.5 cm³/mol. The Kier molecular flexibility index (Phi) is 2.68. The van der Waals surface area contributed by atoms with Crippen LogP contribution in [-0.2, 0) is 13.6 Å². The molecule has 0 aromatic carbocycles. The third-order valence-electron chi connectivity index (χ3n) is 0.238. The summed E-state index contributed by atoms with van der Waals surface area (Å²) in [6.07, 6.45) is 0. The van der Waals surface area contributed by atoms with Crippen molar-refractivity contribution in [2.45, 2.75) is 0 Å². The van der Waals surface area contributed by atoms with Crippen molar-refractivity contribution in [3.8, 4) is 0 Å². The molecule has 0 spiro atoms. The van der Waals surface area contributed by atoms with Gasteiger partial charge in [0.1, 0.15) is 0 Å². The maximum absolute atomic E-state index is 9.94.